The molecule has 2 aliphatic heterocycles. The second kappa shape index (κ2) is 6.18. The molecule has 1 saturated heterocycles. The number of rotatable bonds is 3. The molecule has 7 nitrogen and oxygen atoms in total. The molecule has 1 aromatic heterocycles. The quantitative estimate of drug-likeness (QED) is 0.822. The van der Waals surface area contributed by atoms with Crippen LogP contribution in [0, 0.1) is 5.92 Å². The molecule has 0 N–H and O–H groups in total. The van der Waals surface area contributed by atoms with E-state index in [4.69, 9.17) is 4.42 Å². The Morgan fingerprint density at radius 3 is 2.64 bits per heavy atom. The molecule has 1 amide bonds. The zero-order chi connectivity index (χ0) is 17.4. The maximum absolute atomic E-state index is 12.4. The summed E-state index contributed by atoms with van der Waals surface area (Å²) in [7, 11) is -3.11. The van der Waals surface area contributed by atoms with Gasteiger partial charge in [-0.05, 0) is 12.1 Å². The molecule has 1 unspecified atom stereocenters. The van der Waals surface area contributed by atoms with Crippen LogP contribution < -0.4 is 4.90 Å². The van der Waals surface area contributed by atoms with E-state index in [1.165, 1.54) is 5.41 Å². The molecule has 3 heterocycles. The van der Waals surface area contributed by atoms with Gasteiger partial charge in [-0.25, -0.2) is 8.42 Å². The van der Waals surface area contributed by atoms with Crippen molar-refractivity contribution in [2.75, 3.05) is 36.8 Å². The van der Waals surface area contributed by atoms with E-state index >= 15 is 0 Å². The molecule has 0 radical (unpaired) electrons. The average molecular weight is 361 g/mol. The van der Waals surface area contributed by atoms with Crippen LogP contribution in [0.3, 0.4) is 0 Å². The van der Waals surface area contributed by atoms with E-state index in [1.54, 1.807) is 11.0 Å². The highest BCUT2D eigenvalue weighted by Gasteiger charge is 2.28. The Morgan fingerprint density at radius 1 is 1.20 bits per heavy atom. The summed E-state index contributed by atoms with van der Waals surface area (Å²) in [5.41, 5.74) is 1.58. The number of oxazole rings is 1. The highest BCUT2D eigenvalue weighted by molar-refractivity contribution is 7.94. The summed E-state index contributed by atoms with van der Waals surface area (Å²) < 4.78 is 28.6. The lowest BCUT2D eigenvalue weighted by Gasteiger charge is -2.34. The summed E-state index contributed by atoms with van der Waals surface area (Å²) in [6.07, 6.45) is 1.88. The lowest BCUT2D eigenvalue weighted by molar-refractivity contribution is -0.132. The number of hydrogen-bond donors (Lipinski definition) is 0. The summed E-state index contributed by atoms with van der Waals surface area (Å²) in [5.74, 6) is -0.154. The summed E-state index contributed by atoms with van der Waals surface area (Å²) in [6, 6.07) is 8.20. The van der Waals surface area contributed by atoms with Crippen molar-refractivity contribution in [3.8, 4) is 0 Å². The number of aromatic nitrogens is 1. The molecule has 0 bridgehead atoms. The fraction of sp³-hybridized carbons (Fsp3) is 0.412. The molecule has 25 heavy (non-hydrogen) atoms. The Kier molecular flexibility index (Phi) is 3.99. The molecule has 4 rings (SSSR count). The number of piperazine rings is 1. The molecule has 1 fully saturated rings. The highest BCUT2D eigenvalue weighted by Crippen LogP contribution is 2.23. The molecule has 0 spiro atoms. The number of amides is 1. The van der Waals surface area contributed by atoms with Crippen molar-refractivity contribution in [1.82, 2.24) is 9.88 Å². The second-order valence-corrected chi connectivity index (χ2v) is 8.39. The fourth-order valence-corrected chi connectivity index (χ4v) is 4.66. The lowest BCUT2D eigenvalue weighted by Crippen LogP contribution is -2.49. The van der Waals surface area contributed by atoms with E-state index in [-0.39, 0.29) is 24.0 Å². The number of hydrogen-bond acceptors (Lipinski definition) is 6. The van der Waals surface area contributed by atoms with Gasteiger partial charge in [0.05, 0.1) is 5.75 Å². The van der Waals surface area contributed by atoms with E-state index in [2.05, 4.69) is 4.98 Å². The van der Waals surface area contributed by atoms with Crippen LogP contribution >= 0.6 is 0 Å². The van der Waals surface area contributed by atoms with Crippen molar-refractivity contribution < 1.29 is 17.6 Å². The van der Waals surface area contributed by atoms with E-state index in [9.17, 15) is 13.2 Å². The summed E-state index contributed by atoms with van der Waals surface area (Å²) >= 11 is 0. The number of fused-ring (bicyclic) bond motifs is 1. The van der Waals surface area contributed by atoms with Crippen LogP contribution in [0.2, 0.25) is 0 Å². The normalized spacial score (nSPS) is 22.6. The first kappa shape index (κ1) is 16.1. The van der Waals surface area contributed by atoms with Crippen molar-refractivity contribution in [3.63, 3.8) is 0 Å². The molecule has 132 valence electrons. The third-order valence-corrected chi connectivity index (χ3v) is 6.09. The average Bonchev–Trinajstić information content (AvgIpc) is 3.18. The van der Waals surface area contributed by atoms with Crippen molar-refractivity contribution in [2.24, 2.45) is 5.92 Å². The maximum Gasteiger partial charge on any atom is 0.298 e. The maximum atomic E-state index is 12.4. The number of carbonyl (C=O) groups excluding carboxylic acids is 1. The zero-order valence-corrected chi connectivity index (χ0v) is 14.5. The van der Waals surface area contributed by atoms with Crippen LogP contribution in [0.15, 0.2) is 40.2 Å². The lowest BCUT2D eigenvalue weighted by atomic mass is 10.1. The number of allylic oxidation sites excluding steroid dienone is 1. The molecule has 0 saturated carbocycles. The largest absolute Gasteiger partial charge is 0.423 e. The Labute approximate surface area is 145 Å². The molecular formula is C17H19N3O4S. The fourth-order valence-electron chi connectivity index (χ4n) is 3.26. The van der Waals surface area contributed by atoms with Gasteiger partial charge in [-0.3, -0.25) is 4.79 Å². The first-order valence-corrected chi connectivity index (χ1v) is 10.0. The van der Waals surface area contributed by atoms with Crippen LogP contribution in [0.1, 0.15) is 6.42 Å². The zero-order valence-electron chi connectivity index (χ0n) is 13.7. The predicted molar refractivity (Wildman–Crippen MR) is 93.8 cm³/mol. The minimum Gasteiger partial charge on any atom is -0.423 e. The van der Waals surface area contributed by atoms with Gasteiger partial charge in [0.25, 0.3) is 6.01 Å². The van der Waals surface area contributed by atoms with Crippen LogP contribution in [0.25, 0.3) is 11.1 Å². The first-order chi connectivity index (χ1) is 12.0. The van der Waals surface area contributed by atoms with Gasteiger partial charge in [0, 0.05) is 43.9 Å². The van der Waals surface area contributed by atoms with E-state index < -0.39 is 9.84 Å². The number of anilines is 1. The van der Waals surface area contributed by atoms with Crippen LogP contribution in [0.5, 0.6) is 0 Å². The number of benzene rings is 1. The van der Waals surface area contributed by atoms with Crippen molar-refractivity contribution in [1.29, 1.82) is 0 Å². The molecule has 1 aromatic carbocycles. The SMILES string of the molecule is O=C(CC1C=CS(=O)(=O)C1)N1CCN(c2nc3ccccc3o2)CC1. The van der Waals surface area contributed by atoms with Crippen LogP contribution in [0.4, 0.5) is 6.01 Å². The molecule has 0 aliphatic carbocycles. The summed E-state index contributed by atoms with van der Waals surface area (Å²) in [4.78, 5) is 20.7. The van der Waals surface area contributed by atoms with Crippen LogP contribution in [-0.4, -0.2) is 56.1 Å². The summed E-state index contributed by atoms with van der Waals surface area (Å²) in [6.45, 7) is 2.47. The topological polar surface area (TPSA) is 83.7 Å². The van der Waals surface area contributed by atoms with Gasteiger partial charge in [-0.15, -0.1) is 0 Å². The Bertz CT molecular complexity index is 893. The molecule has 1 atom stereocenters. The van der Waals surface area contributed by atoms with Gasteiger partial charge in [0.15, 0.2) is 15.4 Å². The minimum absolute atomic E-state index is 0.00367. The molecular weight excluding hydrogens is 342 g/mol. The highest BCUT2D eigenvalue weighted by atomic mass is 32.2. The van der Waals surface area contributed by atoms with Gasteiger partial charge in [0.1, 0.15) is 5.52 Å². The van der Waals surface area contributed by atoms with Gasteiger partial charge < -0.3 is 14.2 Å². The van der Waals surface area contributed by atoms with Crippen LogP contribution in [-0.2, 0) is 14.6 Å². The monoisotopic (exact) mass is 361 g/mol. The molecule has 2 aromatic rings. The van der Waals surface area contributed by atoms with Crippen molar-refractivity contribution >= 4 is 32.9 Å². The minimum atomic E-state index is -3.11. The first-order valence-electron chi connectivity index (χ1n) is 8.29. The number of carbonyl (C=O) groups is 1. The third kappa shape index (κ3) is 3.39. The second-order valence-electron chi connectivity index (χ2n) is 6.45. The van der Waals surface area contributed by atoms with E-state index in [0.29, 0.717) is 32.2 Å². The Morgan fingerprint density at radius 2 is 1.96 bits per heavy atom. The van der Waals surface area contributed by atoms with Crippen molar-refractivity contribution in [2.45, 2.75) is 6.42 Å². The van der Waals surface area contributed by atoms with Crippen molar-refractivity contribution in [3.05, 3.63) is 35.7 Å². The number of para-hydroxylation sites is 2. The smallest absolute Gasteiger partial charge is 0.298 e. The van der Waals surface area contributed by atoms with Gasteiger partial charge in [-0.2, -0.15) is 4.98 Å². The molecule has 2 aliphatic rings. The van der Waals surface area contributed by atoms with E-state index in [0.717, 1.165) is 11.1 Å². The third-order valence-electron chi connectivity index (χ3n) is 4.63. The van der Waals surface area contributed by atoms with Gasteiger partial charge in [0.2, 0.25) is 5.91 Å². The van der Waals surface area contributed by atoms with Gasteiger partial charge >= 0.3 is 0 Å². The number of sulfone groups is 1. The summed E-state index contributed by atoms with van der Waals surface area (Å²) in [5, 5.41) is 1.22. The standard InChI is InChI=1S/C17H19N3O4S/c21-16(11-13-5-10-25(22,23)12-13)19-6-8-20(9-7-19)17-18-14-3-1-2-4-15(14)24-17/h1-5,10,13H,6-9,11-12H2. The Hall–Kier alpha value is -2.35. The number of nitrogens with zero attached hydrogens (tertiary/aromatic N) is 3. The molecule has 8 heteroatoms. The Balaban J connectivity index is 1.35. The van der Waals surface area contributed by atoms with Gasteiger partial charge in [-0.1, -0.05) is 18.2 Å². The predicted octanol–water partition coefficient (Wildman–Crippen LogP) is 1.42. The van der Waals surface area contributed by atoms with E-state index in [1.807, 2.05) is 29.2 Å².